The number of amides is 2. The van der Waals surface area contributed by atoms with Crippen molar-refractivity contribution in [1.29, 1.82) is 0 Å². The Morgan fingerprint density at radius 1 is 1.39 bits per heavy atom. The summed E-state index contributed by atoms with van der Waals surface area (Å²) in [6, 6.07) is 8.32. The normalized spacial score (nSPS) is 10.1. The third kappa shape index (κ3) is 3.49. The average molecular weight is 266 g/mol. The first-order valence-corrected chi connectivity index (χ1v) is 5.74. The van der Waals surface area contributed by atoms with Crippen molar-refractivity contribution >= 4 is 23.3 Å². The van der Waals surface area contributed by atoms with Gasteiger partial charge in [0.1, 0.15) is 11.5 Å². The van der Waals surface area contributed by atoms with E-state index in [4.69, 9.17) is 16.1 Å². The van der Waals surface area contributed by atoms with Crippen LogP contribution in [0.25, 0.3) is 0 Å². The van der Waals surface area contributed by atoms with Gasteiger partial charge in [0.05, 0.1) is 6.54 Å². The number of hydrogen-bond acceptors (Lipinski definition) is 3. The molecule has 2 amide bonds. The molecule has 2 rings (SSSR count). The highest BCUT2D eigenvalue weighted by atomic mass is 35.5. The number of hydrogen-bond donors (Lipinski definition) is 2. The van der Waals surface area contributed by atoms with Gasteiger partial charge in [0.15, 0.2) is 0 Å². The van der Waals surface area contributed by atoms with Crippen molar-refractivity contribution in [3.05, 3.63) is 46.8 Å². The Morgan fingerprint density at radius 2 is 2.11 bits per heavy atom. The lowest BCUT2D eigenvalue weighted by Crippen LogP contribution is -2.28. The molecule has 0 saturated heterocycles. The van der Waals surface area contributed by atoms with Gasteiger partial charge in [-0.05, 0) is 31.2 Å². The lowest BCUT2D eigenvalue weighted by atomic mass is 10.3. The van der Waals surface area contributed by atoms with Crippen LogP contribution < -0.4 is 10.6 Å². The molecule has 0 unspecified atom stereocenters. The topological polar surface area (TPSA) is 67.2 Å². The average Bonchev–Trinajstić information content (AvgIpc) is 2.76. The van der Waals surface area contributed by atoms with Crippen molar-refractivity contribution in [2.24, 2.45) is 0 Å². The predicted molar refractivity (Wildman–Crippen MR) is 68.6 cm³/mol. The zero-order chi connectivity index (χ0) is 13.0. The number of halogens is 1. The summed E-state index contributed by atoms with van der Waals surface area (Å²) in [6.07, 6.45) is 0. The molecule has 0 aliphatic heterocycles. The van der Waals surface area contributed by atoms with Crippen molar-refractivity contribution in [3.8, 4) is 0 Å². The second kappa shape index (κ2) is 5.55. The van der Waals surface area contributed by atoms with Crippen LogP contribution in [0.1, 0.15) is 11.5 Å². The number of nitrogens with one attached hydrogen (secondary N) is 2. The maximum Gasteiger partial charge on any atom is 0.319 e. The fourth-order valence-electron chi connectivity index (χ4n) is 1.38. The van der Waals surface area contributed by atoms with Crippen LogP contribution in [0.15, 0.2) is 34.9 Å². The minimum absolute atomic E-state index is 0.307. The molecule has 0 saturated carbocycles. The molecule has 2 aromatic rings. The first kappa shape index (κ1) is 12.4. The largest absolute Gasteiger partial charge is 0.361 e. The molecular formula is C12H12ClN3O2. The van der Waals surface area contributed by atoms with Crippen LogP contribution in [-0.4, -0.2) is 11.2 Å². The van der Waals surface area contributed by atoms with Crippen LogP contribution in [0.2, 0.25) is 5.02 Å². The fourth-order valence-corrected chi connectivity index (χ4v) is 1.51. The molecule has 1 aromatic carbocycles. The summed E-state index contributed by atoms with van der Waals surface area (Å²) in [5.41, 5.74) is 1.35. The third-order valence-corrected chi connectivity index (χ3v) is 2.46. The molecule has 1 heterocycles. The number of rotatable bonds is 3. The van der Waals surface area contributed by atoms with Crippen molar-refractivity contribution in [3.63, 3.8) is 0 Å². The lowest BCUT2D eigenvalue weighted by Gasteiger charge is -2.05. The molecule has 0 atom stereocenters. The van der Waals surface area contributed by atoms with Gasteiger partial charge in [-0.1, -0.05) is 16.8 Å². The van der Waals surface area contributed by atoms with E-state index in [2.05, 4.69) is 15.8 Å². The molecular weight excluding hydrogens is 254 g/mol. The molecule has 2 N–H and O–H groups in total. The summed E-state index contributed by atoms with van der Waals surface area (Å²) < 4.78 is 4.89. The Morgan fingerprint density at radius 3 is 2.72 bits per heavy atom. The van der Waals surface area contributed by atoms with Crippen LogP contribution in [0.3, 0.4) is 0 Å². The second-order valence-corrected chi connectivity index (χ2v) is 4.18. The molecule has 18 heavy (non-hydrogen) atoms. The summed E-state index contributed by atoms with van der Waals surface area (Å²) in [7, 11) is 0. The molecule has 6 heteroatoms. The number of aromatic nitrogens is 1. The Kier molecular flexibility index (Phi) is 3.84. The molecule has 0 aliphatic rings. The highest BCUT2D eigenvalue weighted by Crippen LogP contribution is 2.13. The highest BCUT2D eigenvalue weighted by molar-refractivity contribution is 6.30. The van der Waals surface area contributed by atoms with Gasteiger partial charge in [-0.15, -0.1) is 0 Å². The standard InChI is InChI=1S/C12H12ClN3O2/c1-8-6-11(16-18-8)7-14-12(17)15-10-4-2-9(13)3-5-10/h2-6H,7H2,1H3,(H2,14,15,17). The quantitative estimate of drug-likeness (QED) is 0.897. The first-order valence-electron chi connectivity index (χ1n) is 5.36. The van der Waals surface area contributed by atoms with E-state index in [9.17, 15) is 4.79 Å². The van der Waals surface area contributed by atoms with Gasteiger partial charge in [-0.2, -0.15) is 0 Å². The van der Waals surface area contributed by atoms with Gasteiger partial charge in [0, 0.05) is 16.8 Å². The van der Waals surface area contributed by atoms with Crippen LogP contribution in [0, 0.1) is 6.92 Å². The highest BCUT2D eigenvalue weighted by Gasteiger charge is 2.04. The maximum atomic E-state index is 11.6. The SMILES string of the molecule is Cc1cc(CNC(=O)Nc2ccc(Cl)cc2)no1. The first-order chi connectivity index (χ1) is 8.63. The molecule has 0 bridgehead atoms. The summed E-state index contributed by atoms with van der Waals surface area (Å²) >= 11 is 5.74. The smallest absolute Gasteiger partial charge is 0.319 e. The predicted octanol–water partition coefficient (Wildman–Crippen LogP) is 2.96. The second-order valence-electron chi connectivity index (χ2n) is 3.74. The monoisotopic (exact) mass is 265 g/mol. The summed E-state index contributed by atoms with van der Waals surface area (Å²) in [5.74, 6) is 0.713. The van der Waals surface area contributed by atoms with E-state index in [1.165, 1.54) is 0 Å². The zero-order valence-corrected chi connectivity index (χ0v) is 10.5. The zero-order valence-electron chi connectivity index (χ0n) is 9.74. The van der Waals surface area contributed by atoms with E-state index >= 15 is 0 Å². The number of aryl methyl sites for hydroxylation is 1. The Balaban J connectivity index is 1.83. The molecule has 0 aliphatic carbocycles. The van der Waals surface area contributed by atoms with Gasteiger partial charge in [0.2, 0.25) is 0 Å². The minimum atomic E-state index is -0.307. The van der Waals surface area contributed by atoms with Crippen LogP contribution >= 0.6 is 11.6 Å². The molecule has 0 spiro atoms. The Bertz CT molecular complexity index is 537. The van der Waals surface area contributed by atoms with Gasteiger partial charge >= 0.3 is 6.03 Å². The minimum Gasteiger partial charge on any atom is -0.361 e. The van der Waals surface area contributed by atoms with Crippen molar-refractivity contribution in [2.45, 2.75) is 13.5 Å². The summed E-state index contributed by atoms with van der Waals surface area (Å²) in [4.78, 5) is 11.6. The van der Waals surface area contributed by atoms with Crippen LogP contribution in [0.5, 0.6) is 0 Å². The number of anilines is 1. The number of nitrogens with zero attached hydrogens (tertiary/aromatic N) is 1. The van der Waals surface area contributed by atoms with E-state index in [0.717, 1.165) is 0 Å². The van der Waals surface area contributed by atoms with Crippen molar-refractivity contribution in [2.75, 3.05) is 5.32 Å². The van der Waals surface area contributed by atoms with E-state index < -0.39 is 0 Å². The van der Waals surface area contributed by atoms with E-state index in [1.807, 2.05) is 0 Å². The van der Waals surface area contributed by atoms with Crippen LogP contribution in [0.4, 0.5) is 10.5 Å². The van der Waals surface area contributed by atoms with Gasteiger partial charge in [-0.25, -0.2) is 4.79 Å². The molecule has 0 fully saturated rings. The Labute approximate surface area is 109 Å². The van der Waals surface area contributed by atoms with Gasteiger partial charge < -0.3 is 15.2 Å². The third-order valence-electron chi connectivity index (χ3n) is 2.21. The Hall–Kier alpha value is -2.01. The van der Waals surface area contributed by atoms with Gasteiger partial charge in [0.25, 0.3) is 0 Å². The number of carbonyl (C=O) groups is 1. The van der Waals surface area contributed by atoms with Crippen molar-refractivity contribution in [1.82, 2.24) is 10.5 Å². The van der Waals surface area contributed by atoms with Crippen molar-refractivity contribution < 1.29 is 9.32 Å². The fraction of sp³-hybridized carbons (Fsp3) is 0.167. The maximum absolute atomic E-state index is 11.6. The summed E-state index contributed by atoms with van der Waals surface area (Å²) in [6.45, 7) is 2.11. The number of benzene rings is 1. The van der Waals surface area contributed by atoms with E-state index in [0.29, 0.717) is 28.7 Å². The molecule has 94 valence electrons. The molecule has 5 nitrogen and oxygen atoms in total. The lowest BCUT2D eigenvalue weighted by molar-refractivity contribution is 0.251. The van der Waals surface area contributed by atoms with Gasteiger partial charge in [-0.3, -0.25) is 0 Å². The van der Waals surface area contributed by atoms with Crippen LogP contribution in [-0.2, 0) is 6.54 Å². The molecule has 1 aromatic heterocycles. The molecule has 0 radical (unpaired) electrons. The number of urea groups is 1. The number of carbonyl (C=O) groups excluding carboxylic acids is 1. The summed E-state index contributed by atoms with van der Waals surface area (Å²) in [5, 5.41) is 9.74. The van der Waals surface area contributed by atoms with E-state index in [1.54, 1.807) is 37.3 Å². The van der Waals surface area contributed by atoms with E-state index in [-0.39, 0.29) is 6.03 Å².